The van der Waals surface area contributed by atoms with E-state index < -0.39 is 11.6 Å². The third kappa shape index (κ3) is 4.57. The topological polar surface area (TPSA) is 97.3 Å². The molecule has 0 unspecified atom stereocenters. The van der Waals surface area contributed by atoms with Gasteiger partial charge in [0.25, 0.3) is 5.91 Å². The number of pyridine rings is 1. The van der Waals surface area contributed by atoms with E-state index in [1.54, 1.807) is 11.1 Å². The summed E-state index contributed by atoms with van der Waals surface area (Å²) in [4.78, 5) is 50.4. The average molecular weight is 556 g/mol. The fourth-order valence-corrected chi connectivity index (χ4v) is 6.71. The van der Waals surface area contributed by atoms with Gasteiger partial charge < -0.3 is 19.8 Å². The first-order valence-electron chi connectivity index (χ1n) is 14.3. The van der Waals surface area contributed by atoms with E-state index in [9.17, 15) is 19.5 Å². The molecule has 1 aromatic heterocycles. The molecule has 6 rings (SSSR count). The molecule has 0 spiro atoms. The number of carboxylic acid groups (broad SMARTS) is 1. The maximum absolute atomic E-state index is 13.9. The van der Waals surface area contributed by atoms with Crippen molar-refractivity contribution >= 4 is 40.3 Å². The smallest absolute Gasteiger partial charge is 0.407 e. The summed E-state index contributed by atoms with van der Waals surface area (Å²) in [5, 5.41) is 10.3. The number of fused-ring (bicyclic) bond motifs is 2. The number of likely N-dealkylation sites (tertiary alicyclic amines) is 1. The highest BCUT2D eigenvalue weighted by Gasteiger charge is 2.52. The zero-order valence-electron chi connectivity index (χ0n) is 24.1. The van der Waals surface area contributed by atoms with Crippen LogP contribution in [-0.2, 0) is 16.8 Å². The highest BCUT2D eigenvalue weighted by Crippen LogP contribution is 2.44. The van der Waals surface area contributed by atoms with Crippen molar-refractivity contribution in [2.75, 3.05) is 36.0 Å². The molecule has 9 nitrogen and oxygen atoms in total. The van der Waals surface area contributed by atoms with Gasteiger partial charge in [0.1, 0.15) is 5.54 Å². The summed E-state index contributed by atoms with van der Waals surface area (Å²) in [7, 11) is 0. The molecule has 41 heavy (non-hydrogen) atoms. The summed E-state index contributed by atoms with van der Waals surface area (Å²) in [6.07, 6.45) is 2.55. The number of carbonyl (C=O) groups excluding carboxylic acids is 2. The van der Waals surface area contributed by atoms with Crippen molar-refractivity contribution in [3.8, 4) is 0 Å². The van der Waals surface area contributed by atoms with Gasteiger partial charge in [-0.05, 0) is 68.0 Å². The molecule has 1 N–H and O–H groups in total. The molecule has 9 heteroatoms. The van der Waals surface area contributed by atoms with Crippen LogP contribution in [0.15, 0.2) is 54.7 Å². The predicted molar refractivity (Wildman–Crippen MR) is 158 cm³/mol. The summed E-state index contributed by atoms with van der Waals surface area (Å²) in [6.45, 7) is 11.1. The van der Waals surface area contributed by atoms with Crippen LogP contribution in [0, 0.1) is 5.92 Å². The standard InChI is InChI=1S/C32H37N5O4/c1-31(2)20-35(18-21-12-15-34(16-13-21)30(40)41)27-17-23(9-10-25(27)31)37-28(38)32(3,4)36(29(37)39)19-22-11-14-33-26-8-6-5-7-24(22)26/h5-11,14,17,21H,12-13,15-16,18-20H2,1-4H3,(H,40,41). The Morgan fingerprint density at radius 3 is 2.49 bits per heavy atom. The number of piperidine rings is 1. The minimum absolute atomic E-state index is 0.0810. The summed E-state index contributed by atoms with van der Waals surface area (Å²) >= 11 is 0. The van der Waals surface area contributed by atoms with Gasteiger partial charge in [0.2, 0.25) is 0 Å². The highest BCUT2D eigenvalue weighted by molar-refractivity contribution is 6.23. The Morgan fingerprint density at radius 1 is 1.02 bits per heavy atom. The minimum Gasteiger partial charge on any atom is -0.465 e. The number of para-hydroxylation sites is 1. The van der Waals surface area contributed by atoms with Crippen LogP contribution >= 0.6 is 0 Å². The fourth-order valence-electron chi connectivity index (χ4n) is 6.71. The number of hydrogen-bond acceptors (Lipinski definition) is 5. The molecule has 2 aromatic carbocycles. The summed E-state index contributed by atoms with van der Waals surface area (Å²) in [5.74, 6) is 0.140. The molecule has 4 amide bonds. The lowest BCUT2D eigenvalue weighted by atomic mass is 9.87. The maximum Gasteiger partial charge on any atom is 0.407 e. The lowest BCUT2D eigenvalue weighted by Crippen LogP contribution is -2.43. The molecular formula is C32H37N5O4. The molecule has 0 atom stereocenters. The quantitative estimate of drug-likeness (QED) is 0.420. The van der Waals surface area contributed by atoms with Gasteiger partial charge in [0.05, 0.1) is 11.2 Å². The molecular weight excluding hydrogens is 518 g/mol. The van der Waals surface area contributed by atoms with Gasteiger partial charge in [-0.3, -0.25) is 9.78 Å². The summed E-state index contributed by atoms with van der Waals surface area (Å²) in [6, 6.07) is 15.4. The van der Waals surface area contributed by atoms with E-state index in [0.29, 0.717) is 31.2 Å². The first-order valence-corrected chi connectivity index (χ1v) is 14.3. The molecule has 0 aliphatic carbocycles. The van der Waals surface area contributed by atoms with Crippen molar-refractivity contribution in [1.82, 2.24) is 14.8 Å². The van der Waals surface area contributed by atoms with E-state index in [1.807, 2.05) is 56.3 Å². The molecule has 4 heterocycles. The Hall–Kier alpha value is -4.14. The second-order valence-corrected chi connectivity index (χ2v) is 12.7. The normalized spacial score (nSPS) is 20.3. The number of benzene rings is 2. The summed E-state index contributed by atoms with van der Waals surface area (Å²) in [5.41, 5.74) is 3.53. The number of urea groups is 1. The Bertz CT molecular complexity index is 1540. The van der Waals surface area contributed by atoms with Crippen molar-refractivity contribution in [2.24, 2.45) is 5.92 Å². The van der Waals surface area contributed by atoms with E-state index in [2.05, 4.69) is 29.8 Å². The number of aromatic nitrogens is 1. The monoisotopic (exact) mass is 555 g/mol. The fraction of sp³-hybridized carbons (Fsp3) is 0.438. The van der Waals surface area contributed by atoms with E-state index in [4.69, 9.17) is 0 Å². The molecule has 0 bridgehead atoms. The van der Waals surface area contributed by atoms with Gasteiger partial charge in [-0.15, -0.1) is 0 Å². The molecule has 0 saturated carbocycles. The van der Waals surface area contributed by atoms with E-state index in [-0.39, 0.29) is 17.4 Å². The molecule has 3 aliphatic rings. The largest absolute Gasteiger partial charge is 0.465 e. The predicted octanol–water partition coefficient (Wildman–Crippen LogP) is 5.47. The molecule has 3 aliphatic heterocycles. The number of imide groups is 1. The zero-order chi connectivity index (χ0) is 29.1. The Morgan fingerprint density at radius 2 is 1.76 bits per heavy atom. The number of hydrogen-bond donors (Lipinski definition) is 1. The Balaban J connectivity index is 1.28. The number of nitrogens with zero attached hydrogens (tertiary/aromatic N) is 5. The van der Waals surface area contributed by atoms with Crippen LogP contribution in [0.3, 0.4) is 0 Å². The lowest BCUT2D eigenvalue weighted by Gasteiger charge is -2.33. The molecule has 2 saturated heterocycles. The van der Waals surface area contributed by atoms with Gasteiger partial charge in [-0.25, -0.2) is 14.5 Å². The second-order valence-electron chi connectivity index (χ2n) is 12.7. The first-order chi connectivity index (χ1) is 19.5. The Labute approximate surface area is 240 Å². The first kappa shape index (κ1) is 27.1. The van der Waals surface area contributed by atoms with Gasteiger partial charge >= 0.3 is 12.1 Å². The van der Waals surface area contributed by atoms with Gasteiger partial charge in [0, 0.05) is 55.4 Å². The second kappa shape index (κ2) is 9.75. The van der Waals surface area contributed by atoms with Crippen LogP contribution in [-0.4, -0.2) is 69.6 Å². The van der Waals surface area contributed by atoms with Crippen LogP contribution in [0.4, 0.5) is 21.0 Å². The SMILES string of the molecule is CC1(C)CN(CC2CCN(C(=O)O)CC2)c2cc(N3C(=O)N(Cc4ccnc5ccccc45)C(C)(C)C3=O)ccc21. The maximum atomic E-state index is 13.9. The van der Waals surface area contributed by atoms with Crippen molar-refractivity contribution in [2.45, 2.75) is 58.0 Å². The van der Waals surface area contributed by atoms with Crippen LogP contribution in [0.25, 0.3) is 10.9 Å². The number of amides is 4. The Kier molecular flexibility index (Phi) is 6.43. The third-order valence-electron chi connectivity index (χ3n) is 9.15. The lowest BCUT2D eigenvalue weighted by molar-refractivity contribution is -0.123. The van der Waals surface area contributed by atoms with Crippen molar-refractivity contribution < 1.29 is 19.5 Å². The minimum atomic E-state index is -1.02. The van der Waals surface area contributed by atoms with Crippen LogP contribution < -0.4 is 9.80 Å². The average Bonchev–Trinajstić information content (AvgIpc) is 3.29. The van der Waals surface area contributed by atoms with Gasteiger partial charge in [0.15, 0.2) is 0 Å². The summed E-state index contributed by atoms with van der Waals surface area (Å²) < 4.78 is 0. The van der Waals surface area contributed by atoms with Crippen molar-refractivity contribution in [3.63, 3.8) is 0 Å². The van der Waals surface area contributed by atoms with Crippen LogP contribution in [0.2, 0.25) is 0 Å². The third-order valence-corrected chi connectivity index (χ3v) is 9.15. The number of anilines is 2. The van der Waals surface area contributed by atoms with Crippen molar-refractivity contribution in [3.05, 3.63) is 65.9 Å². The zero-order valence-corrected chi connectivity index (χ0v) is 24.1. The van der Waals surface area contributed by atoms with E-state index in [1.165, 1.54) is 15.4 Å². The molecule has 2 fully saturated rings. The van der Waals surface area contributed by atoms with E-state index >= 15 is 0 Å². The van der Waals surface area contributed by atoms with E-state index in [0.717, 1.165) is 48.1 Å². The number of carbonyl (C=O) groups is 3. The van der Waals surface area contributed by atoms with Gasteiger partial charge in [-0.2, -0.15) is 0 Å². The van der Waals surface area contributed by atoms with Crippen LogP contribution in [0.1, 0.15) is 51.7 Å². The molecule has 214 valence electrons. The molecule has 3 aromatic rings. The number of rotatable bonds is 5. The van der Waals surface area contributed by atoms with Crippen LogP contribution in [0.5, 0.6) is 0 Å². The molecule has 0 radical (unpaired) electrons. The van der Waals surface area contributed by atoms with Crippen molar-refractivity contribution in [1.29, 1.82) is 0 Å². The van der Waals surface area contributed by atoms with Gasteiger partial charge in [-0.1, -0.05) is 38.1 Å². The highest BCUT2D eigenvalue weighted by atomic mass is 16.4.